The quantitative estimate of drug-likeness (QED) is 0.720. The van der Waals surface area contributed by atoms with E-state index in [1.807, 2.05) is 38.4 Å². The molecule has 0 bridgehead atoms. The van der Waals surface area contributed by atoms with Gasteiger partial charge in [0.25, 0.3) is 5.91 Å². The number of carbonyl (C=O) groups excluding carboxylic acids is 1. The van der Waals surface area contributed by atoms with Gasteiger partial charge in [-0.1, -0.05) is 0 Å². The topological polar surface area (TPSA) is 58.6 Å². The molecular formula is C20H28N4O2S. The molecule has 2 aromatic heterocycles. The molecule has 3 heterocycles. The highest BCUT2D eigenvalue weighted by Gasteiger charge is 2.22. The normalized spacial score (nSPS) is 15.6. The summed E-state index contributed by atoms with van der Waals surface area (Å²) in [4.78, 5) is 26.2. The van der Waals surface area contributed by atoms with Crippen molar-refractivity contribution in [2.75, 3.05) is 31.6 Å². The van der Waals surface area contributed by atoms with Crippen LogP contribution in [0.4, 0.5) is 5.82 Å². The van der Waals surface area contributed by atoms with Gasteiger partial charge < -0.3 is 14.5 Å². The number of aromatic nitrogens is 2. The molecule has 6 nitrogen and oxygen atoms in total. The predicted octanol–water partition coefficient (Wildman–Crippen LogP) is 3.90. The first kappa shape index (κ1) is 19.8. The fourth-order valence-corrected chi connectivity index (χ4v) is 4.16. The van der Waals surface area contributed by atoms with Crippen LogP contribution in [0.15, 0.2) is 23.7 Å². The molecule has 1 unspecified atom stereocenters. The van der Waals surface area contributed by atoms with Crippen molar-refractivity contribution in [2.45, 2.75) is 45.8 Å². The lowest BCUT2D eigenvalue weighted by Gasteiger charge is -2.29. The molecule has 27 heavy (non-hydrogen) atoms. The van der Waals surface area contributed by atoms with Crippen LogP contribution >= 0.6 is 11.3 Å². The SMILES string of the molecule is CCOC(C)c1nc(CN(C)C(=O)c2cccnc2N2CCCCC2)cs1. The number of ether oxygens (including phenoxy) is 1. The van der Waals surface area contributed by atoms with Gasteiger partial charge in [-0.15, -0.1) is 11.3 Å². The van der Waals surface area contributed by atoms with Gasteiger partial charge in [0.05, 0.1) is 17.8 Å². The highest BCUT2D eigenvalue weighted by Crippen LogP contribution is 2.24. The lowest BCUT2D eigenvalue weighted by Crippen LogP contribution is -2.34. The van der Waals surface area contributed by atoms with Crippen molar-refractivity contribution in [3.05, 3.63) is 40.0 Å². The molecule has 146 valence electrons. The minimum Gasteiger partial charge on any atom is -0.372 e. The molecule has 7 heteroatoms. The Balaban J connectivity index is 1.71. The van der Waals surface area contributed by atoms with Gasteiger partial charge in [-0.05, 0) is 45.2 Å². The summed E-state index contributed by atoms with van der Waals surface area (Å²) in [6.45, 7) is 7.04. The van der Waals surface area contributed by atoms with Crippen LogP contribution in [-0.2, 0) is 11.3 Å². The third-order valence-electron chi connectivity index (χ3n) is 4.75. The number of piperidine rings is 1. The Kier molecular flexibility index (Phi) is 6.79. The maximum Gasteiger partial charge on any atom is 0.257 e. The summed E-state index contributed by atoms with van der Waals surface area (Å²) in [7, 11) is 1.82. The van der Waals surface area contributed by atoms with Crippen molar-refractivity contribution < 1.29 is 9.53 Å². The third-order valence-corrected chi connectivity index (χ3v) is 5.81. The molecule has 0 N–H and O–H groups in total. The maximum atomic E-state index is 13.1. The highest BCUT2D eigenvalue weighted by atomic mass is 32.1. The second-order valence-corrected chi connectivity index (χ2v) is 7.75. The van der Waals surface area contributed by atoms with E-state index in [0.717, 1.165) is 42.5 Å². The van der Waals surface area contributed by atoms with Crippen LogP contribution in [-0.4, -0.2) is 47.5 Å². The van der Waals surface area contributed by atoms with E-state index in [4.69, 9.17) is 4.74 Å². The summed E-state index contributed by atoms with van der Waals surface area (Å²) >= 11 is 1.58. The van der Waals surface area contributed by atoms with Gasteiger partial charge in [0, 0.05) is 38.3 Å². The number of hydrogen-bond donors (Lipinski definition) is 0. The fraction of sp³-hybridized carbons (Fsp3) is 0.550. The van der Waals surface area contributed by atoms with Crippen molar-refractivity contribution >= 4 is 23.1 Å². The van der Waals surface area contributed by atoms with Gasteiger partial charge in [0.15, 0.2) is 0 Å². The highest BCUT2D eigenvalue weighted by molar-refractivity contribution is 7.09. The monoisotopic (exact) mass is 388 g/mol. The summed E-state index contributed by atoms with van der Waals surface area (Å²) in [6, 6.07) is 3.71. The number of carbonyl (C=O) groups is 1. The number of thiazole rings is 1. The van der Waals surface area contributed by atoms with Gasteiger partial charge in [0.1, 0.15) is 16.9 Å². The van der Waals surface area contributed by atoms with Crippen molar-refractivity contribution in [2.24, 2.45) is 0 Å². The Morgan fingerprint density at radius 2 is 2.15 bits per heavy atom. The molecule has 0 saturated carbocycles. The Labute approximate surface area is 165 Å². The lowest BCUT2D eigenvalue weighted by molar-refractivity contribution is 0.0756. The Hall–Kier alpha value is -1.99. The summed E-state index contributed by atoms with van der Waals surface area (Å²) in [6.07, 6.45) is 5.31. The standard InChI is InChI=1S/C20H28N4O2S/c1-4-26-15(2)19-22-16(14-27-19)13-23(3)20(25)17-9-8-10-21-18(17)24-11-6-5-7-12-24/h8-10,14-15H,4-7,11-13H2,1-3H3. The molecule has 2 aromatic rings. The smallest absolute Gasteiger partial charge is 0.257 e. The number of pyridine rings is 1. The van der Waals surface area contributed by atoms with Crippen molar-refractivity contribution in [1.82, 2.24) is 14.9 Å². The zero-order valence-electron chi connectivity index (χ0n) is 16.4. The van der Waals surface area contributed by atoms with E-state index < -0.39 is 0 Å². The van der Waals surface area contributed by atoms with Crippen molar-refractivity contribution in [3.63, 3.8) is 0 Å². The Bertz CT molecular complexity index is 758. The number of hydrogen-bond acceptors (Lipinski definition) is 6. The van der Waals surface area contributed by atoms with Crippen LogP contribution in [0.5, 0.6) is 0 Å². The van der Waals surface area contributed by atoms with Crippen molar-refractivity contribution in [1.29, 1.82) is 0 Å². The van der Waals surface area contributed by atoms with Crippen LogP contribution in [0.25, 0.3) is 0 Å². The molecule has 1 atom stereocenters. The molecule has 1 amide bonds. The summed E-state index contributed by atoms with van der Waals surface area (Å²) in [5.41, 5.74) is 1.56. The van der Waals surface area contributed by atoms with Crippen LogP contribution in [0.3, 0.4) is 0 Å². The van der Waals surface area contributed by atoms with Gasteiger partial charge in [-0.3, -0.25) is 4.79 Å². The summed E-state index contributed by atoms with van der Waals surface area (Å²) in [5, 5.41) is 2.95. The molecule has 1 aliphatic heterocycles. The van der Waals surface area contributed by atoms with Crippen LogP contribution in [0.2, 0.25) is 0 Å². The molecule has 0 aliphatic carbocycles. The van der Waals surface area contributed by atoms with Gasteiger partial charge in [-0.25, -0.2) is 9.97 Å². The van der Waals surface area contributed by atoms with Crippen LogP contribution in [0.1, 0.15) is 60.3 Å². The Morgan fingerprint density at radius 1 is 1.37 bits per heavy atom. The van der Waals surface area contributed by atoms with Crippen molar-refractivity contribution in [3.8, 4) is 0 Å². The second kappa shape index (κ2) is 9.28. The molecule has 0 spiro atoms. The van der Waals surface area contributed by atoms with E-state index in [9.17, 15) is 4.79 Å². The summed E-state index contributed by atoms with van der Waals surface area (Å²) < 4.78 is 5.60. The van der Waals surface area contributed by atoms with Crippen LogP contribution < -0.4 is 4.90 Å². The molecular weight excluding hydrogens is 360 g/mol. The number of amides is 1. The average molecular weight is 389 g/mol. The first-order chi connectivity index (χ1) is 13.1. The van der Waals surface area contributed by atoms with Crippen LogP contribution in [0, 0.1) is 0 Å². The van der Waals surface area contributed by atoms with E-state index in [2.05, 4.69) is 14.9 Å². The van der Waals surface area contributed by atoms with Gasteiger partial charge in [0.2, 0.25) is 0 Å². The minimum atomic E-state index is -0.0175. The number of anilines is 1. The fourth-order valence-electron chi connectivity index (χ4n) is 3.35. The predicted molar refractivity (Wildman–Crippen MR) is 108 cm³/mol. The first-order valence-electron chi connectivity index (χ1n) is 9.61. The maximum absolute atomic E-state index is 13.1. The summed E-state index contributed by atoms with van der Waals surface area (Å²) in [5.74, 6) is 0.786. The van der Waals surface area contributed by atoms with E-state index >= 15 is 0 Å². The largest absolute Gasteiger partial charge is 0.372 e. The third kappa shape index (κ3) is 4.84. The Morgan fingerprint density at radius 3 is 2.89 bits per heavy atom. The first-order valence-corrected chi connectivity index (χ1v) is 10.5. The van der Waals surface area contributed by atoms with E-state index in [1.54, 1.807) is 22.4 Å². The number of nitrogens with zero attached hydrogens (tertiary/aromatic N) is 4. The average Bonchev–Trinajstić information content (AvgIpc) is 3.17. The van der Waals surface area contributed by atoms with E-state index in [-0.39, 0.29) is 12.0 Å². The number of rotatable bonds is 7. The molecule has 3 rings (SSSR count). The van der Waals surface area contributed by atoms with E-state index in [1.165, 1.54) is 6.42 Å². The molecule has 1 fully saturated rings. The molecule has 1 aliphatic rings. The van der Waals surface area contributed by atoms with Gasteiger partial charge in [-0.2, -0.15) is 0 Å². The lowest BCUT2D eigenvalue weighted by atomic mass is 10.1. The zero-order chi connectivity index (χ0) is 19.2. The molecule has 0 radical (unpaired) electrons. The molecule has 0 aromatic carbocycles. The minimum absolute atomic E-state index is 0.0150. The molecule has 1 saturated heterocycles. The van der Waals surface area contributed by atoms with E-state index in [0.29, 0.717) is 18.7 Å². The second-order valence-electron chi connectivity index (χ2n) is 6.86. The zero-order valence-corrected chi connectivity index (χ0v) is 17.2. The van der Waals surface area contributed by atoms with Gasteiger partial charge >= 0.3 is 0 Å².